The van der Waals surface area contributed by atoms with Crippen molar-refractivity contribution in [2.24, 2.45) is 0 Å². The Morgan fingerprint density at radius 1 is 0.294 bits per heavy atom. The molecule has 6 heteroatoms. The van der Waals surface area contributed by atoms with Crippen molar-refractivity contribution in [2.45, 2.75) is 0 Å². The number of rotatable bonds is 4. The van der Waals surface area contributed by atoms with E-state index in [0.29, 0.717) is 17.5 Å². The third kappa shape index (κ3) is 4.33. The van der Waals surface area contributed by atoms with E-state index in [1.165, 1.54) is 0 Å². The van der Waals surface area contributed by atoms with E-state index in [1.54, 1.807) is 0 Å². The smallest absolute Gasteiger partial charge is 0.167 e. The lowest BCUT2D eigenvalue weighted by molar-refractivity contribution is 0.668. The Bertz CT molecular complexity index is 3150. The van der Waals surface area contributed by atoms with Gasteiger partial charge < -0.3 is 13.3 Å². The van der Waals surface area contributed by atoms with Gasteiger partial charge in [0.15, 0.2) is 17.5 Å². The van der Waals surface area contributed by atoms with Crippen LogP contribution >= 0.6 is 0 Å². The molecule has 0 aliphatic carbocycles. The maximum Gasteiger partial charge on any atom is 0.167 e. The third-order valence-corrected chi connectivity index (χ3v) is 9.76. The van der Waals surface area contributed by atoms with Crippen LogP contribution in [0.1, 0.15) is 0 Å². The summed E-state index contributed by atoms with van der Waals surface area (Å²) in [6.07, 6.45) is 0. The summed E-state index contributed by atoms with van der Waals surface area (Å²) in [7, 11) is 0. The molecule has 0 unspecified atom stereocenters. The minimum absolute atomic E-state index is 0.522. The molecule has 0 aliphatic rings. The molecule has 4 heterocycles. The fourth-order valence-corrected chi connectivity index (χ4v) is 7.32. The van der Waals surface area contributed by atoms with Crippen LogP contribution in [0.2, 0.25) is 0 Å². The maximum atomic E-state index is 6.61. The van der Waals surface area contributed by atoms with E-state index in [1.807, 2.05) is 97.1 Å². The number of nitrogens with zero attached hydrogens (tertiary/aromatic N) is 3. The topological polar surface area (TPSA) is 78.1 Å². The van der Waals surface area contributed by atoms with Crippen LogP contribution in [0.4, 0.5) is 0 Å². The summed E-state index contributed by atoms with van der Waals surface area (Å²) in [5.41, 5.74) is 9.52. The Morgan fingerprint density at radius 2 is 0.745 bits per heavy atom. The van der Waals surface area contributed by atoms with Crippen LogP contribution in [-0.2, 0) is 0 Å². The van der Waals surface area contributed by atoms with Crippen LogP contribution in [0.25, 0.3) is 111 Å². The lowest BCUT2D eigenvalue weighted by atomic mass is 10.00. The van der Waals surface area contributed by atoms with Crippen molar-refractivity contribution < 1.29 is 13.3 Å². The van der Waals surface area contributed by atoms with Gasteiger partial charge in [0.05, 0.1) is 11.1 Å². The van der Waals surface area contributed by atoms with Gasteiger partial charge in [-0.2, -0.15) is 0 Å². The van der Waals surface area contributed by atoms with Gasteiger partial charge >= 0.3 is 0 Å². The molecule has 11 aromatic rings. The molecule has 0 radical (unpaired) electrons. The first-order valence-electron chi connectivity index (χ1n) is 16.8. The molecule has 0 fully saturated rings. The molecule has 0 bridgehead atoms. The summed E-state index contributed by atoms with van der Waals surface area (Å²) in [4.78, 5) is 15.1. The van der Waals surface area contributed by atoms with Gasteiger partial charge in [0.1, 0.15) is 33.5 Å². The van der Waals surface area contributed by atoms with E-state index >= 15 is 0 Å². The summed E-state index contributed by atoms with van der Waals surface area (Å²) in [6.45, 7) is 0. The zero-order valence-electron chi connectivity index (χ0n) is 27.0. The molecule has 0 N–H and O–H groups in total. The lowest BCUT2D eigenvalue weighted by Crippen LogP contribution is -2.00. The number of furan rings is 3. The van der Waals surface area contributed by atoms with Crippen LogP contribution in [0.15, 0.2) is 165 Å². The average Bonchev–Trinajstić information content (AvgIpc) is 3.89. The van der Waals surface area contributed by atoms with Gasteiger partial charge in [-0.05, 0) is 59.7 Å². The third-order valence-electron chi connectivity index (χ3n) is 9.76. The van der Waals surface area contributed by atoms with E-state index in [0.717, 1.165) is 93.6 Å². The first-order valence-corrected chi connectivity index (χ1v) is 16.8. The van der Waals surface area contributed by atoms with Gasteiger partial charge in [-0.15, -0.1) is 0 Å². The van der Waals surface area contributed by atoms with Crippen molar-refractivity contribution in [1.29, 1.82) is 0 Å². The quantitative estimate of drug-likeness (QED) is 0.188. The monoisotopic (exact) mass is 655 g/mol. The van der Waals surface area contributed by atoms with E-state index in [-0.39, 0.29) is 0 Å². The SMILES string of the molecule is c1ccc(-c2nc(-c3cccc4c3oc3ccccc34)nc(-c3cccc4c3oc3ccc(-c5ccc6oc7ccccc7c6c5)cc34)n2)cc1. The van der Waals surface area contributed by atoms with Gasteiger partial charge in [0.2, 0.25) is 0 Å². The van der Waals surface area contributed by atoms with Crippen molar-refractivity contribution in [3.8, 4) is 45.3 Å². The Labute approximate surface area is 290 Å². The van der Waals surface area contributed by atoms with Crippen LogP contribution in [0.3, 0.4) is 0 Å². The second-order valence-corrected chi connectivity index (χ2v) is 12.8. The molecule has 0 aliphatic heterocycles. The molecule has 11 rings (SSSR count). The zero-order valence-corrected chi connectivity index (χ0v) is 27.0. The van der Waals surface area contributed by atoms with Crippen LogP contribution < -0.4 is 0 Å². The van der Waals surface area contributed by atoms with E-state index < -0.39 is 0 Å². The predicted octanol–water partition coefficient (Wildman–Crippen LogP) is 12.2. The standard InChI is InChI=1S/C45H25N3O3/c1-2-10-26(11-3-1)43-46-44(33-16-8-14-31-29-12-4-7-19-38(29)50-41(31)33)48-45(47-43)34-17-9-15-32-36-25-28(21-23-40(36)51-42(32)34)27-20-22-39-35(24-27)30-13-5-6-18-37(30)49-39/h1-25H. The largest absolute Gasteiger partial charge is 0.456 e. The number of fused-ring (bicyclic) bond motifs is 9. The first kappa shape index (κ1) is 27.9. The molecule has 6 nitrogen and oxygen atoms in total. The molecule has 238 valence electrons. The summed E-state index contributed by atoms with van der Waals surface area (Å²) < 4.78 is 19.1. The number of hydrogen-bond donors (Lipinski definition) is 0. The molecule has 0 saturated heterocycles. The minimum atomic E-state index is 0.522. The molecule has 0 saturated carbocycles. The number of hydrogen-bond acceptors (Lipinski definition) is 6. The van der Waals surface area contributed by atoms with Crippen molar-refractivity contribution in [3.63, 3.8) is 0 Å². The van der Waals surface area contributed by atoms with Crippen LogP contribution in [0, 0.1) is 0 Å². The molecule has 0 atom stereocenters. The van der Waals surface area contributed by atoms with Gasteiger partial charge in [-0.25, -0.2) is 15.0 Å². The molecular formula is C45H25N3O3. The number of benzene rings is 7. The average molecular weight is 656 g/mol. The molecule has 4 aromatic heterocycles. The highest BCUT2D eigenvalue weighted by molar-refractivity contribution is 6.12. The lowest BCUT2D eigenvalue weighted by Gasteiger charge is -2.09. The van der Waals surface area contributed by atoms with Crippen LogP contribution in [0.5, 0.6) is 0 Å². The fourth-order valence-electron chi connectivity index (χ4n) is 7.32. The normalized spacial score (nSPS) is 11.9. The van der Waals surface area contributed by atoms with Gasteiger partial charge in [0, 0.05) is 37.9 Å². The second kappa shape index (κ2) is 10.7. The van der Waals surface area contributed by atoms with E-state index in [4.69, 9.17) is 28.2 Å². The van der Waals surface area contributed by atoms with Gasteiger partial charge in [-0.1, -0.05) is 103 Å². The van der Waals surface area contributed by atoms with Crippen molar-refractivity contribution in [1.82, 2.24) is 15.0 Å². The maximum absolute atomic E-state index is 6.61. The number of para-hydroxylation sites is 4. The Morgan fingerprint density at radius 3 is 1.39 bits per heavy atom. The predicted molar refractivity (Wildman–Crippen MR) is 203 cm³/mol. The highest BCUT2D eigenvalue weighted by Crippen LogP contribution is 2.40. The summed E-state index contributed by atoms with van der Waals surface area (Å²) in [5.74, 6) is 1.62. The minimum Gasteiger partial charge on any atom is -0.456 e. The second-order valence-electron chi connectivity index (χ2n) is 12.8. The molecular weight excluding hydrogens is 631 g/mol. The highest BCUT2D eigenvalue weighted by Gasteiger charge is 2.20. The molecule has 7 aromatic carbocycles. The molecule has 0 spiro atoms. The molecule has 51 heavy (non-hydrogen) atoms. The fraction of sp³-hybridized carbons (Fsp3) is 0. The number of aromatic nitrogens is 3. The first-order chi connectivity index (χ1) is 25.2. The summed E-state index contributed by atoms with van der Waals surface area (Å²) in [6, 6.07) is 51.2. The van der Waals surface area contributed by atoms with Gasteiger partial charge in [0.25, 0.3) is 0 Å². The van der Waals surface area contributed by atoms with E-state index in [9.17, 15) is 0 Å². The summed E-state index contributed by atoms with van der Waals surface area (Å²) in [5, 5.41) is 6.28. The Kier molecular flexibility index (Phi) is 5.86. The van der Waals surface area contributed by atoms with Crippen LogP contribution in [-0.4, -0.2) is 15.0 Å². The van der Waals surface area contributed by atoms with Gasteiger partial charge in [-0.3, -0.25) is 0 Å². The van der Waals surface area contributed by atoms with Crippen molar-refractivity contribution in [2.75, 3.05) is 0 Å². The highest BCUT2D eigenvalue weighted by atomic mass is 16.3. The summed E-state index contributed by atoms with van der Waals surface area (Å²) >= 11 is 0. The van der Waals surface area contributed by atoms with E-state index in [2.05, 4.69) is 54.6 Å². The Balaban J connectivity index is 1.10. The van der Waals surface area contributed by atoms with Crippen molar-refractivity contribution >= 4 is 65.8 Å². The Hall–Kier alpha value is -7.05. The molecule has 0 amide bonds. The zero-order chi connectivity index (χ0) is 33.5. The van der Waals surface area contributed by atoms with Crippen molar-refractivity contribution in [3.05, 3.63) is 152 Å².